The second kappa shape index (κ2) is 6.80. The number of aryl methyl sites for hydroxylation is 1. The third-order valence-corrected chi connectivity index (χ3v) is 6.11. The molecule has 0 aliphatic rings. The van der Waals surface area contributed by atoms with E-state index in [9.17, 15) is 14.3 Å². The lowest BCUT2D eigenvalue weighted by atomic mass is 9.95. The van der Waals surface area contributed by atoms with Gasteiger partial charge in [0.25, 0.3) is 0 Å². The molecule has 2 aromatic carbocycles. The number of hydrogen-bond acceptors (Lipinski definition) is 2. The molecule has 23 heavy (non-hydrogen) atoms. The van der Waals surface area contributed by atoms with E-state index in [2.05, 4.69) is 13.8 Å². The Hall–Kier alpha value is -1.73. The largest absolute Gasteiger partial charge is 0.508 e. The molecular formula is C19H22FO2P. The smallest absolute Gasteiger partial charge is 0.160 e. The fraction of sp³-hybridized carbons (Fsp3) is 0.316. The molecule has 2 aromatic rings. The molecule has 0 radical (unpaired) electrons. The summed E-state index contributed by atoms with van der Waals surface area (Å²) in [5.41, 5.74) is 2.38. The van der Waals surface area contributed by atoms with Crippen molar-refractivity contribution in [3.05, 3.63) is 58.9 Å². The number of benzene rings is 2. The summed E-state index contributed by atoms with van der Waals surface area (Å²) in [6, 6.07) is 9.95. The third kappa shape index (κ3) is 3.79. The van der Waals surface area contributed by atoms with Crippen LogP contribution < -0.4 is 5.30 Å². The molecule has 2 nitrogen and oxygen atoms in total. The summed E-state index contributed by atoms with van der Waals surface area (Å²) in [6.45, 7) is 7.58. The van der Waals surface area contributed by atoms with E-state index in [1.54, 1.807) is 12.1 Å². The van der Waals surface area contributed by atoms with Gasteiger partial charge in [-0.2, -0.15) is 0 Å². The van der Waals surface area contributed by atoms with E-state index >= 15 is 0 Å². The maximum absolute atomic E-state index is 13.5. The first-order valence-corrected chi connectivity index (χ1v) is 8.65. The van der Waals surface area contributed by atoms with Crippen molar-refractivity contribution < 1.29 is 14.3 Å². The number of carbonyl (C=O) groups excluding carboxylic acids is 1. The zero-order valence-electron chi connectivity index (χ0n) is 13.9. The molecule has 4 heteroatoms. The number of aromatic hydroxyl groups is 1. The highest BCUT2D eigenvalue weighted by molar-refractivity contribution is 7.48. The molecule has 0 saturated carbocycles. The minimum absolute atomic E-state index is 0.140. The SMILES string of the molecule is CCC(C)(Pc1ccc(F)cc1C(C)=O)c1cc(C)ccc1O. The van der Waals surface area contributed by atoms with Crippen molar-refractivity contribution in [3.63, 3.8) is 0 Å². The average Bonchev–Trinajstić information content (AvgIpc) is 2.51. The Morgan fingerprint density at radius 3 is 2.57 bits per heavy atom. The van der Waals surface area contributed by atoms with E-state index in [0.717, 1.165) is 22.9 Å². The maximum Gasteiger partial charge on any atom is 0.160 e. The van der Waals surface area contributed by atoms with Gasteiger partial charge in [-0.1, -0.05) is 46.2 Å². The van der Waals surface area contributed by atoms with Crippen molar-refractivity contribution in [2.75, 3.05) is 0 Å². The topological polar surface area (TPSA) is 37.3 Å². The van der Waals surface area contributed by atoms with Crippen LogP contribution in [0.4, 0.5) is 4.39 Å². The van der Waals surface area contributed by atoms with Crippen molar-refractivity contribution in [1.29, 1.82) is 0 Å². The van der Waals surface area contributed by atoms with Gasteiger partial charge in [0.05, 0.1) is 0 Å². The van der Waals surface area contributed by atoms with Crippen LogP contribution in [0.15, 0.2) is 36.4 Å². The Labute approximate surface area is 138 Å². The summed E-state index contributed by atoms with van der Waals surface area (Å²) in [5.74, 6) is -0.279. The van der Waals surface area contributed by atoms with E-state index in [-0.39, 0.29) is 25.3 Å². The molecule has 2 rings (SSSR count). The summed E-state index contributed by atoms with van der Waals surface area (Å²) < 4.78 is 13.5. The lowest BCUT2D eigenvalue weighted by Crippen LogP contribution is -2.21. The highest BCUT2D eigenvalue weighted by Gasteiger charge is 2.29. The molecule has 0 heterocycles. The molecule has 0 aromatic heterocycles. The van der Waals surface area contributed by atoms with Crippen molar-refractivity contribution in [3.8, 4) is 5.75 Å². The fourth-order valence-corrected chi connectivity index (χ4v) is 4.31. The van der Waals surface area contributed by atoms with Crippen LogP contribution in [0.25, 0.3) is 0 Å². The second-order valence-corrected chi connectivity index (χ2v) is 7.97. The molecule has 2 unspecified atom stereocenters. The Morgan fingerprint density at radius 2 is 1.96 bits per heavy atom. The van der Waals surface area contributed by atoms with E-state index in [1.807, 2.05) is 19.1 Å². The summed E-state index contributed by atoms with van der Waals surface area (Å²) in [7, 11) is 0.259. The van der Waals surface area contributed by atoms with Gasteiger partial charge in [0.1, 0.15) is 11.6 Å². The first-order chi connectivity index (χ1) is 10.8. The highest BCUT2D eigenvalue weighted by Crippen LogP contribution is 2.47. The quantitative estimate of drug-likeness (QED) is 0.638. The minimum Gasteiger partial charge on any atom is -0.508 e. The summed E-state index contributed by atoms with van der Waals surface area (Å²) in [6.07, 6.45) is 0.803. The molecule has 0 bridgehead atoms. The number of Topliss-reactive ketones (excluding diaryl/α,β-unsaturated/α-hetero) is 1. The number of phenolic OH excluding ortho intramolecular Hbond substituents is 1. The van der Waals surface area contributed by atoms with Crippen LogP contribution in [0.3, 0.4) is 0 Å². The maximum atomic E-state index is 13.5. The Balaban J connectivity index is 2.51. The summed E-state index contributed by atoms with van der Waals surface area (Å²) in [4.78, 5) is 11.8. The van der Waals surface area contributed by atoms with Crippen LogP contribution in [-0.2, 0) is 5.16 Å². The standard InChI is InChI=1S/C19H22FO2P/c1-5-19(4,16-10-12(2)6-8-17(16)22)23-18-9-7-14(20)11-15(18)13(3)21/h6-11,22-23H,5H2,1-4H3. The number of rotatable bonds is 5. The lowest BCUT2D eigenvalue weighted by molar-refractivity contribution is 0.101. The molecule has 1 N–H and O–H groups in total. The van der Waals surface area contributed by atoms with Crippen LogP contribution in [0.5, 0.6) is 5.75 Å². The average molecular weight is 332 g/mol. The van der Waals surface area contributed by atoms with Gasteiger partial charge in [0.15, 0.2) is 5.78 Å². The molecule has 2 atom stereocenters. The predicted octanol–water partition coefficient (Wildman–Crippen LogP) is 4.67. The molecule has 0 fully saturated rings. The molecule has 0 saturated heterocycles. The molecular weight excluding hydrogens is 310 g/mol. The summed E-state index contributed by atoms with van der Waals surface area (Å²) in [5, 5.41) is 10.8. The van der Waals surface area contributed by atoms with Crippen molar-refractivity contribution in [2.24, 2.45) is 0 Å². The first kappa shape index (κ1) is 17.6. The van der Waals surface area contributed by atoms with Crippen LogP contribution in [0.1, 0.15) is 48.7 Å². The Morgan fingerprint density at radius 1 is 1.26 bits per heavy atom. The van der Waals surface area contributed by atoms with Crippen molar-refractivity contribution in [2.45, 2.75) is 39.3 Å². The molecule has 0 amide bonds. The number of carbonyl (C=O) groups is 1. The van der Waals surface area contributed by atoms with Gasteiger partial charge in [0, 0.05) is 16.3 Å². The van der Waals surface area contributed by atoms with Crippen molar-refractivity contribution in [1.82, 2.24) is 0 Å². The van der Waals surface area contributed by atoms with Crippen LogP contribution >= 0.6 is 8.58 Å². The Kier molecular flexibility index (Phi) is 5.21. The van der Waals surface area contributed by atoms with Crippen molar-refractivity contribution >= 4 is 19.7 Å². The number of ketones is 1. The van der Waals surface area contributed by atoms with Crippen LogP contribution in [0.2, 0.25) is 0 Å². The second-order valence-electron chi connectivity index (χ2n) is 6.08. The van der Waals surface area contributed by atoms with Crippen LogP contribution in [0, 0.1) is 12.7 Å². The van der Waals surface area contributed by atoms with Gasteiger partial charge < -0.3 is 5.11 Å². The number of phenols is 1. The molecule has 0 aliphatic carbocycles. The normalized spacial score (nSPS) is 14.1. The van der Waals surface area contributed by atoms with Gasteiger partial charge >= 0.3 is 0 Å². The van der Waals surface area contributed by atoms with Gasteiger partial charge in [-0.3, -0.25) is 4.79 Å². The Bertz CT molecular complexity index is 742. The zero-order valence-corrected chi connectivity index (χ0v) is 14.9. The molecule has 122 valence electrons. The number of halogens is 1. The number of hydrogen-bond donors (Lipinski definition) is 1. The van der Waals surface area contributed by atoms with Gasteiger partial charge in [-0.15, -0.1) is 0 Å². The van der Waals surface area contributed by atoms with E-state index < -0.39 is 5.82 Å². The van der Waals surface area contributed by atoms with Gasteiger partial charge in [-0.05, 0) is 43.8 Å². The monoisotopic (exact) mass is 332 g/mol. The highest BCUT2D eigenvalue weighted by atomic mass is 31.1. The molecule has 0 aliphatic heterocycles. The lowest BCUT2D eigenvalue weighted by Gasteiger charge is -2.31. The van der Waals surface area contributed by atoms with Crippen LogP contribution in [-0.4, -0.2) is 10.9 Å². The van der Waals surface area contributed by atoms with Gasteiger partial charge in [-0.25, -0.2) is 4.39 Å². The summed E-state index contributed by atoms with van der Waals surface area (Å²) >= 11 is 0. The fourth-order valence-electron chi connectivity index (χ4n) is 2.65. The molecule has 0 spiro atoms. The van der Waals surface area contributed by atoms with Gasteiger partial charge in [0.2, 0.25) is 0 Å². The zero-order chi connectivity index (χ0) is 17.2. The third-order valence-electron chi connectivity index (χ3n) is 4.23. The first-order valence-electron chi connectivity index (χ1n) is 7.65. The van der Waals surface area contributed by atoms with E-state index in [0.29, 0.717) is 5.56 Å². The van der Waals surface area contributed by atoms with E-state index in [1.165, 1.54) is 19.1 Å². The van der Waals surface area contributed by atoms with E-state index in [4.69, 9.17) is 0 Å². The predicted molar refractivity (Wildman–Crippen MR) is 94.8 cm³/mol. The minimum atomic E-state index is -0.402.